The first-order chi connectivity index (χ1) is 10.8. The van der Waals surface area contributed by atoms with Crippen molar-refractivity contribution in [1.82, 2.24) is 15.1 Å². The summed E-state index contributed by atoms with van der Waals surface area (Å²) in [5, 5.41) is 7.37. The molecule has 0 radical (unpaired) electrons. The fraction of sp³-hybridized carbons (Fsp3) is 0.471. The number of aromatic nitrogens is 2. The Balaban J connectivity index is 1.51. The number of hydrogen-bond donors (Lipinski definition) is 1. The molecule has 2 aliphatic heterocycles. The van der Waals surface area contributed by atoms with Crippen LogP contribution in [0.2, 0.25) is 0 Å². The number of nitrogens with zero attached hydrogens (tertiary/aromatic N) is 2. The first-order valence-electron chi connectivity index (χ1n) is 7.93. The van der Waals surface area contributed by atoms with Gasteiger partial charge in [0.05, 0.1) is 31.6 Å². The summed E-state index contributed by atoms with van der Waals surface area (Å²) in [5.41, 5.74) is 3.50. The Morgan fingerprint density at radius 1 is 1.18 bits per heavy atom. The lowest BCUT2D eigenvalue weighted by Gasteiger charge is -2.38. The molecule has 2 aromatic rings. The lowest BCUT2D eigenvalue weighted by Crippen LogP contribution is -2.48. The largest absolute Gasteiger partial charge is 0.346 e. The van der Waals surface area contributed by atoms with Gasteiger partial charge in [-0.15, -0.1) is 0 Å². The molecule has 4 rings (SSSR count). The summed E-state index contributed by atoms with van der Waals surface area (Å²) in [7, 11) is 0. The molecule has 5 nitrogen and oxygen atoms in total. The zero-order valence-corrected chi connectivity index (χ0v) is 12.6. The van der Waals surface area contributed by atoms with E-state index in [9.17, 15) is 0 Å². The van der Waals surface area contributed by atoms with E-state index in [-0.39, 0.29) is 5.79 Å². The van der Waals surface area contributed by atoms with Crippen LogP contribution in [0, 0.1) is 0 Å². The van der Waals surface area contributed by atoms with E-state index < -0.39 is 0 Å². The molecule has 2 saturated heterocycles. The topological polar surface area (TPSA) is 50.4 Å². The third kappa shape index (κ3) is 2.67. The average Bonchev–Trinajstić information content (AvgIpc) is 3.18. The van der Waals surface area contributed by atoms with Gasteiger partial charge in [-0.1, -0.05) is 30.3 Å². The highest BCUT2D eigenvalue weighted by Crippen LogP contribution is 2.31. The van der Waals surface area contributed by atoms with Gasteiger partial charge in [0.25, 0.3) is 0 Å². The minimum Gasteiger partial charge on any atom is -0.346 e. The summed E-state index contributed by atoms with van der Waals surface area (Å²) in [6.45, 7) is 4.22. The van der Waals surface area contributed by atoms with Crippen LogP contribution in [-0.2, 0) is 16.0 Å². The van der Waals surface area contributed by atoms with Crippen molar-refractivity contribution in [1.29, 1.82) is 0 Å². The number of ether oxygens (including phenoxy) is 2. The molecule has 2 aliphatic rings. The molecular formula is C17H21N3O2. The zero-order valence-electron chi connectivity index (χ0n) is 12.6. The molecule has 0 saturated carbocycles. The van der Waals surface area contributed by atoms with Crippen LogP contribution >= 0.6 is 0 Å². The predicted molar refractivity (Wildman–Crippen MR) is 83.2 cm³/mol. The number of hydrogen-bond acceptors (Lipinski definition) is 4. The second-order valence-corrected chi connectivity index (χ2v) is 6.06. The van der Waals surface area contributed by atoms with Crippen LogP contribution in [0.3, 0.4) is 0 Å². The molecule has 1 N–H and O–H groups in total. The Morgan fingerprint density at radius 3 is 2.82 bits per heavy atom. The molecule has 22 heavy (non-hydrogen) atoms. The Morgan fingerprint density at radius 2 is 2.00 bits per heavy atom. The van der Waals surface area contributed by atoms with Crippen molar-refractivity contribution in [2.24, 2.45) is 0 Å². The average molecular weight is 299 g/mol. The maximum Gasteiger partial charge on any atom is 0.181 e. The third-order valence-electron chi connectivity index (χ3n) is 4.48. The highest BCUT2D eigenvalue weighted by Gasteiger charge is 2.40. The molecule has 116 valence electrons. The number of nitrogens with one attached hydrogen (secondary N) is 1. The molecule has 0 unspecified atom stereocenters. The van der Waals surface area contributed by atoms with Gasteiger partial charge in [0.2, 0.25) is 0 Å². The number of rotatable bonds is 3. The zero-order chi connectivity index (χ0) is 14.8. The van der Waals surface area contributed by atoms with Crippen molar-refractivity contribution in [3.63, 3.8) is 0 Å². The molecule has 5 heteroatoms. The van der Waals surface area contributed by atoms with Crippen LogP contribution in [-0.4, -0.2) is 47.2 Å². The molecule has 1 aromatic carbocycles. The molecular weight excluding hydrogens is 278 g/mol. The van der Waals surface area contributed by atoms with E-state index in [0.29, 0.717) is 0 Å². The van der Waals surface area contributed by atoms with Gasteiger partial charge in [-0.3, -0.25) is 10.00 Å². The lowest BCUT2D eigenvalue weighted by molar-refractivity contribution is -0.190. The van der Waals surface area contributed by atoms with Gasteiger partial charge in [-0.2, -0.15) is 5.10 Å². The van der Waals surface area contributed by atoms with E-state index in [1.807, 2.05) is 12.3 Å². The molecule has 3 heterocycles. The standard InChI is InChI=1S/C17H21N3O2/c1-2-5-14(6-3-1)16-15(11-18-19-16)12-20-8-4-7-17(13-20)21-9-10-22-17/h1-3,5-6,11H,4,7-10,12-13H2,(H,18,19). The second kappa shape index (κ2) is 5.83. The maximum atomic E-state index is 5.86. The molecule has 2 fully saturated rings. The number of likely N-dealkylation sites (tertiary alicyclic amines) is 1. The van der Waals surface area contributed by atoms with E-state index in [1.54, 1.807) is 0 Å². The molecule has 0 bridgehead atoms. The number of benzene rings is 1. The van der Waals surface area contributed by atoms with Crippen molar-refractivity contribution >= 4 is 0 Å². The van der Waals surface area contributed by atoms with Crippen LogP contribution in [0.1, 0.15) is 18.4 Å². The van der Waals surface area contributed by atoms with Crippen molar-refractivity contribution in [2.45, 2.75) is 25.2 Å². The lowest BCUT2D eigenvalue weighted by atomic mass is 10.0. The number of piperidine rings is 1. The molecule has 0 aliphatic carbocycles. The van der Waals surface area contributed by atoms with E-state index in [4.69, 9.17) is 9.47 Å². The monoisotopic (exact) mass is 299 g/mol. The summed E-state index contributed by atoms with van der Waals surface area (Å²) in [4.78, 5) is 2.41. The highest BCUT2D eigenvalue weighted by molar-refractivity contribution is 5.62. The van der Waals surface area contributed by atoms with E-state index in [0.717, 1.165) is 51.4 Å². The number of H-pyrrole nitrogens is 1. The van der Waals surface area contributed by atoms with Crippen molar-refractivity contribution in [2.75, 3.05) is 26.3 Å². The third-order valence-corrected chi connectivity index (χ3v) is 4.48. The highest BCUT2D eigenvalue weighted by atomic mass is 16.7. The van der Waals surface area contributed by atoms with Gasteiger partial charge >= 0.3 is 0 Å². The summed E-state index contributed by atoms with van der Waals surface area (Å²) in [6, 6.07) is 10.4. The van der Waals surface area contributed by atoms with Crippen molar-refractivity contribution in [3.8, 4) is 11.3 Å². The van der Waals surface area contributed by atoms with E-state index in [2.05, 4.69) is 39.4 Å². The van der Waals surface area contributed by atoms with Gasteiger partial charge in [0.1, 0.15) is 0 Å². The fourth-order valence-electron chi connectivity index (χ4n) is 3.47. The Bertz CT molecular complexity index is 620. The van der Waals surface area contributed by atoms with Crippen LogP contribution < -0.4 is 0 Å². The second-order valence-electron chi connectivity index (χ2n) is 6.06. The van der Waals surface area contributed by atoms with Gasteiger partial charge < -0.3 is 9.47 Å². The predicted octanol–water partition coefficient (Wildman–Crippen LogP) is 2.42. The van der Waals surface area contributed by atoms with Crippen LogP contribution in [0.15, 0.2) is 36.5 Å². The van der Waals surface area contributed by atoms with Crippen molar-refractivity contribution < 1.29 is 9.47 Å². The summed E-state index contributed by atoms with van der Waals surface area (Å²) in [5.74, 6) is -0.366. The Kier molecular flexibility index (Phi) is 3.70. The van der Waals surface area contributed by atoms with Gasteiger partial charge in [-0.05, 0) is 18.5 Å². The Hall–Kier alpha value is -1.69. The van der Waals surface area contributed by atoms with Crippen LogP contribution in [0.4, 0.5) is 0 Å². The molecule has 1 spiro atoms. The van der Waals surface area contributed by atoms with Gasteiger partial charge in [0.15, 0.2) is 5.79 Å². The first kappa shape index (κ1) is 13.9. The van der Waals surface area contributed by atoms with E-state index in [1.165, 1.54) is 11.1 Å². The van der Waals surface area contributed by atoms with Crippen molar-refractivity contribution in [3.05, 3.63) is 42.1 Å². The quantitative estimate of drug-likeness (QED) is 0.945. The van der Waals surface area contributed by atoms with Crippen LogP contribution in [0.25, 0.3) is 11.3 Å². The normalized spacial score (nSPS) is 21.5. The molecule has 1 aromatic heterocycles. The fourth-order valence-corrected chi connectivity index (χ4v) is 3.47. The van der Waals surface area contributed by atoms with Gasteiger partial charge in [0, 0.05) is 18.5 Å². The molecule has 0 atom stereocenters. The van der Waals surface area contributed by atoms with E-state index >= 15 is 0 Å². The maximum absolute atomic E-state index is 5.86. The first-order valence-corrected chi connectivity index (χ1v) is 7.93. The number of aromatic amines is 1. The van der Waals surface area contributed by atoms with Crippen LogP contribution in [0.5, 0.6) is 0 Å². The SMILES string of the molecule is c1ccc(-c2[nH]ncc2CN2CCCC3(C2)OCCO3)cc1. The van der Waals surface area contributed by atoms with Gasteiger partial charge in [-0.25, -0.2) is 0 Å². The minimum atomic E-state index is -0.366. The summed E-state index contributed by atoms with van der Waals surface area (Å²) < 4.78 is 11.7. The minimum absolute atomic E-state index is 0.366. The molecule has 0 amide bonds. The Labute approximate surface area is 130 Å². The summed E-state index contributed by atoms with van der Waals surface area (Å²) >= 11 is 0. The summed E-state index contributed by atoms with van der Waals surface area (Å²) in [6.07, 6.45) is 4.04. The smallest absolute Gasteiger partial charge is 0.181 e.